The first-order valence-corrected chi connectivity index (χ1v) is 8.60. The fourth-order valence-electron chi connectivity index (χ4n) is 2.91. The molecular weight excluding hydrogens is 359 g/mol. The highest BCUT2D eigenvalue weighted by Gasteiger charge is 2.22. The quantitative estimate of drug-likeness (QED) is 0.637. The number of benzene rings is 1. The summed E-state index contributed by atoms with van der Waals surface area (Å²) >= 11 is 6.66. The van der Waals surface area contributed by atoms with Crippen molar-refractivity contribution < 1.29 is 9.18 Å². The molecule has 0 unspecified atom stereocenters. The first-order chi connectivity index (χ1) is 12.4. The van der Waals surface area contributed by atoms with E-state index in [9.17, 15) is 14.0 Å². The van der Waals surface area contributed by atoms with Gasteiger partial charge in [0, 0.05) is 24.9 Å². The first-order valence-electron chi connectivity index (χ1n) is 8.22. The number of H-pyrrole nitrogens is 2. The van der Waals surface area contributed by atoms with Crippen LogP contribution in [0.2, 0.25) is 5.02 Å². The van der Waals surface area contributed by atoms with Crippen LogP contribution >= 0.6 is 11.6 Å². The van der Waals surface area contributed by atoms with E-state index in [0.717, 1.165) is 0 Å². The van der Waals surface area contributed by atoms with E-state index in [-0.39, 0.29) is 17.6 Å². The maximum absolute atomic E-state index is 13.3. The molecule has 2 heterocycles. The van der Waals surface area contributed by atoms with Gasteiger partial charge in [0.2, 0.25) is 5.91 Å². The van der Waals surface area contributed by atoms with Crippen LogP contribution in [0, 0.1) is 5.82 Å². The van der Waals surface area contributed by atoms with Gasteiger partial charge in [0.25, 0.3) is 0 Å². The standard InChI is InChI=1S/C18H18ClFN4O2/c1-3-10(8-21-9(2)25)15-14(19)13(11-4-6-12(20)7-5-11)16-17(22-15)24-18(26)23-16/h4-7,10H,3,8H2,1-2H3,(H,21,25)(H2,22,23,24,26)/t10-/m0/s1. The highest BCUT2D eigenvalue weighted by Crippen LogP contribution is 2.38. The van der Waals surface area contributed by atoms with Crippen LogP contribution in [0.3, 0.4) is 0 Å². The number of rotatable bonds is 5. The van der Waals surface area contributed by atoms with Crippen molar-refractivity contribution in [3.8, 4) is 11.1 Å². The highest BCUT2D eigenvalue weighted by atomic mass is 35.5. The Labute approximate surface area is 153 Å². The molecule has 0 bridgehead atoms. The minimum atomic E-state index is -0.404. The molecule has 0 fully saturated rings. The van der Waals surface area contributed by atoms with Gasteiger partial charge >= 0.3 is 5.69 Å². The van der Waals surface area contributed by atoms with Crippen molar-refractivity contribution in [1.82, 2.24) is 20.3 Å². The van der Waals surface area contributed by atoms with Crippen molar-refractivity contribution >= 4 is 28.7 Å². The third-order valence-corrected chi connectivity index (χ3v) is 4.63. The van der Waals surface area contributed by atoms with Gasteiger partial charge in [-0.1, -0.05) is 30.7 Å². The van der Waals surface area contributed by atoms with Gasteiger partial charge in [-0.05, 0) is 24.1 Å². The Kier molecular flexibility index (Phi) is 5.08. The fourth-order valence-corrected chi connectivity index (χ4v) is 3.31. The van der Waals surface area contributed by atoms with Gasteiger partial charge < -0.3 is 10.3 Å². The van der Waals surface area contributed by atoms with E-state index in [4.69, 9.17) is 11.6 Å². The SMILES string of the molecule is CC[C@@H](CNC(C)=O)c1nc2[nH]c(=O)[nH]c2c(-c2ccc(F)cc2)c1Cl. The predicted octanol–water partition coefficient (Wildman–Crippen LogP) is 3.34. The van der Waals surface area contributed by atoms with Gasteiger partial charge in [-0.15, -0.1) is 0 Å². The van der Waals surface area contributed by atoms with Crippen molar-refractivity contribution in [2.24, 2.45) is 0 Å². The molecule has 0 radical (unpaired) electrons. The van der Waals surface area contributed by atoms with Gasteiger partial charge in [-0.3, -0.25) is 9.78 Å². The van der Waals surface area contributed by atoms with Crippen LogP contribution in [0.4, 0.5) is 4.39 Å². The van der Waals surface area contributed by atoms with Crippen LogP contribution in [-0.2, 0) is 4.79 Å². The monoisotopic (exact) mass is 376 g/mol. The van der Waals surface area contributed by atoms with Crippen LogP contribution in [-0.4, -0.2) is 27.4 Å². The molecule has 0 saturated carbocycles. The number of fused-ring (bicyclic) bond motifs is 1. The Hall–Kier alpha value is -2.67. The van der Waals surface area contributed by atoms with E-state index >= 15 is 0 Å². The Bertz CT molecular complexity index is 1010. The van der Waals surface area contributed by atoms with Gasteiger partial charge in [0.05, 0.1) is 16.2 Å². The van der Waals surface area contributed by atoms with E-state index in [0.29, 0.717) is 46.0 Å². The molecule has 8 heteroatoms. The number of pyridine rings is 1. The van der Waals surface area contributed by atoms with Gasteiger partial charge in [0.1, 0.15) is 5.82 Å². The second-order valence-corrected chi connectivity index (χ2v) is 6.42. The number of aromatic nitrogens is 3. The number of halogens is 2. The molecule has 0 aliphatic heterocycles. The summed E-state index contributed by atoms with van der Waals surface area (Å²) in [6.07, 6.45) is 0.690. The molecule has 0 aliphatic rings. The van der Waals surface area contributed by atoms with Crippen molar-refractivity contribution in [3.05, 3.63) is 51.3 Å². The average Bonchev–Trinajstić information content (AvgIpc) is 2.96. The number of carbonyl (C=O) groups excluding carboxylic acids is 1. The number of nitrogens with zero attached hydrogens (tertiary/aromatic N) is 1. The van der Waals surface area contributed by atoms with Gasteiger partial charge in [-0.25, -0.2) is 14.2 Å². The summed E-state index contributed by atoms with van der Waals surface area (Å²) in [5, 5.41) is 3.15. The Morgan fingerprint density at radius 3 is 2.62 bits per heavy atom. The number of amides is 1. The van der Waals surface area contributed by atoms with Crippen molar-refractivity contribution in [2.45, 2.75) is 26.2 Å². The molecule has 3 N–H and O–H groups in total. The predicted molar refractivity (Wildman–Crippen MR) is 98.8 cm³/mol. The minimum absolute atomic E-state index is 0.131. The zero-order valence-corrected chi connectivity index (χ0v) is 15.1. The number of nitrogens with one attached hydrogen (secondary N) is 3. The maximum Gasteiger partial charge on any atom is 0.325 e. The van der Waals surface area contributed by atoms with Crippen LogP contribution in [0.25, 0.3) is 22.3 Å². The van der Waals surface area contributed by atoms with Crippen LogP contribution in [0.1, 0.15) is 31.9 Å². The molecule has 1 amide bonds. The van der Waals surface area contributed by atoms with Crippen molar-refractivity contribution in [3.63, 3.8) is 0 Å². The van der Waals surface area contributed by atoms with E-state index in [1.807, 2.05) is 6.92 Å². The largest absolute Gasteiger partial charge is 0.356 e. The normalized spacial score (nSPS) is 12.3. The maximum atomic E-state index is 13.3. The summed E-state index contributed by atoms with van der Waals surface area (Å²) < 4.78 is 13.3. The summed E-state index contributed by atoms with van der Waals surface area (Å²) in [5.74, 6) is -0.641. The van der Waals surface area contributed by atoms with E-state index in [1.54, 1.807) is 12.1 Å². The van der Waals surface area contributed by atoms with Crippen molar-refractivity contribution in [1.29, 1.82) is 0 Å². The molecule has 0 aliphatic carbocycles. The molecule has 136 valence electrons. The average molecular weight is 377 g/mol. The third kappa shape index (κ3) is 3.48. The number of carbonyl (C=O) groups is 1. The Morgan fingerprint density at radius 2 is 2.00 bits per heavy atom. The number of imidazole rings is 1. The summed E-state index contributed by atoms with van der Waals surface area (Å²) in [6, 6.07) is 5.85. The smallest absolute Gasteiger partial charge is 0.325 e. The zero-order chi connectivity index (χ0) is 18.8. The lowest BCUT2D eigenvalue weighted by Gasteiger charge is -2.18. The van der Waals surface area contributed by atoms with Gasteiger partial charge in [-0.2, -0.15) is 0 Å². The molecule has 26 heavy (non-hydrogen) atoms. The first kappa shape index (κ1) is 18.1. The summed E-state index contributed by atoms with van der Waals surface area (Å²) in [4.78, 5) is 32.9. The van der Waals surface area contributed by atoms with E-state index < -0.39 is 5.69 Å². The number of hydrogen-bond acceptors (Lipinski definition) is 3. The molecule has 0 spiro atoms. The molecule has 2 aromatic heterocycles. The fraction of sp³-hybridized carbons (Fsp3) is 0.278. The molecule has 3 rings (SSSR count). The number of aromatic amines is 2. The lowest BCUT2D eigenvalue weighted by atomic mass is 9.97. The second-order valence-electron chi connectivity index (χ2n) is 6.04. The van der Waals surface area contributed by atoms with E-state index in [1.165, 1.54) is 19.1 Å². The van der Waals surface area contributed by atoms with Crippen LogP contribution < -0.4 is 11.0 Å². The minimum Gasteiger partial charge on any atom is -0.356 e. The summed E-state index contributed by atoms with van der Waals surface area (Å²) in [7, 11) is 0. The van der Waals surface area contributed by atoms with Crippen LogP contribution in [0.5, 0.6) is 0 Å². The Morgan fingerprint density at radius 1 is 1.31 bits per heavy atom. The second kappa shape index (κ2) is 7.29. The summed E-state index contributed by atoms with van der Waals surface area (Å²) in [6.45, 7) is 3.78. The van der Waals surface area contributed by atoms with E-state index in [2.05, 4.69) is 20.3 Å². The molecule has 6 nitrogen and oxygen atoms in total. The topological polar surface area (TPSA) is 90.6 Å². The number of hydrogen-bond donors (Lipinski definition) is 3. The Balaban J connectivity index is 2.22. The van der Waals surface area contributed by atoms with Gasteiger partial charge in [0.15, 0.2) is 5.65 Å². The zero-order valence-electron chi connectivity index (χ0n) is 14.3. The third-order valence-electron chi connectivity index (χ3n) is 4.24. The van der Waals surface area contributed by atoms with Crippen LogP contribution in [0.15, 0.2) is 29.1 Å². The molecule has 1 aromatic carbocycles. The molecular formula is C18H18ClFN4O2. The molecule has 0 saturated heterocycles. The lowest BCUT2D eigenvalue weighted by Crippen LogP contribution is -2.26. The molecule has 3 aromatic rings. The van der Waals surface area contributed by atoms with Crippen molar-refractivity contribution in [2.75, 3.05) is 6.54 Å². The summed E-state index contributed by atoms with van der Waals surface area (Å²) in [5.41, 5.74) is 2.24. The highest BCUT2D eigenvalue weighted by molar-refractivity contribution is 6.35. The molecule has 1 atom stereocenters. The lowest BCUT2D eigenvalue weighted by molar-refractivity contribution is -0.119.